The van der Waals surface area contributed by atoms with Gasteiger partial charge in [-0.15, -0.1) is 5.10 Å². The molecule has 11 heteroatoms. The van der Waals surface area contributed by atoms with Crippen LogP contribution in [0.2, 0.25) is 0 Å². The van der Waals surface area contributed by atoms with E-state index in [9.17, 15) is 22.8 Å². The number of nitrogens with zero attached hydrogens (tertiary/aromatic N) is 5. The highest BCUT2D eigenvalue weighted by Crippen LogP contribution is 2.29. The Morgan fingerprint density at radius 2 is 1.92 bits per heavy atom. The minimum atomic E-state index is -4.45. The lowest BCUT2D eigenvalue weighted by molar-refractivity contribution is -0.137. The molecule has 0 aliphatic carbocycles. The molecule has 0 aliphatic heterocycles. The number of hydrogen-bond acceptors (Lipinski definition) is 5. The number of fused-ring (bicyclic) bond motifs is 1. The van der Waals surface area contributed by atoms with Crippen LogP contribution in [-0.4, -0.2) is 30.5 Å². The van der Waals surface area contributed by atoms with Gasteiger partial charge in [0.25, 0.3) is 5.56 Å². The first kappa shape index (κ1) is 16.6. The first-order chi connectivity index (χ1) is 11.8. The van der Waals surface area contributed by atoms with Crippen LogP contribution in [0.1, 0.15) is 5.56 Å². The molecule has 0 radical (unpaired) electrons. The number of carbonyl (C=O) groups excluding carboxylic acids is 1. The molecule has 0 bridgehead atoms. The summed E-state index contributed by atoms with van der Waals surface area (Å²) in [5.41, 5.74) is -0.879. The zero-order valence-electron chi connectivity index (χ0n) is 12.8. The fraction of sp³-hybridized carbons (Fsp3) is 0.214. The lowest BCUT2D eigenvalue weighted by Crippen LogP contribution is -2.28. The molecule has 1 N–H and O–H groups in total. The molecular weight excluding hydrogens is 341 g/mol. The van der Waals surface area contributed by atoms with E-state index in [0.29, 0.717) is 0 Å². The van der Waals surface area contributed by atoms with Crippen molar-refractivity contribution in [2.24, 2.45) is 7.05 Å². The molecule has 3 rings (SSSR count). The standard InChI is InChI=1S/C14H11F3N6O2/c1-22-12-11(20-21-22)13(25)23(7-18-12)6-10(24)19-9-4-2-8(3-5-9)14(15,16)17/h2-5,7H,6H2,1H3,(H,19,24). The van der Waals surface area contributed by atoms with Crippen molar-refractivity contribution in [1.29, 1.82) is 0 Å². The van der Waals surface area contributed by atoms with Gasteiger partial charge in [-0.05, 0) is 24.3 Å². The minimum Gasteiger partial charge on any atom is -0.325 e. The molecule has 0 unspecified atom stereocenters. The number of aryl methyl sites for hydroxylation is 1. The Kier molecular flexibility index (Phi) is 3.99. The predicted molar refractivity (Wildman–Crippen MR) is 80.6 cm³/mol. The topological polar surface area (TPSA) is 94.7 Å². The highest BCUT2D eigenvalue weighted by molar-refractivity contribution is 5.90. The first-order valence-electron chi connectivity index (χ1n) is 6.97. The van der Waals surface area contributed by atoms with E-state index in [1.807, 2.05) is 0 Å². The van der Waals surface area contributed by atoms with E-state index in [1.165, 1.54) is 11.0 Å². The first-order valence-corrected chi connectivity index (χ1v) is 6.97. The van der Waals surface area contributed by atoms with Gasteiger partial charge in [-0.2, -0.15) is 13.2 Å². The predicted octanol–water partition coefficient (Wildman–Crippen LogP) is 1.18. The van der Waals surface area contributed by atoms with Gasteiger partial charge in [-0.3, -0.25) is 14.2 Å². The second kappa shape index (κ2) is 6.00. The van der Waals surface area contributed by atoms with Crippen LogP contribution in [0.5, 0.6) is 0 Å². The van der Waals surface area contributed by atoms with Gasteiger partial charge >= 0.3 is 6.18 Å². The molecule has 8 nitrogen and oxygen atoms in total. The summed E-state index contributed by atoms with van der Waals surface area (Å²) in [5.74, 6) is -0.591. The Balaban J connectivity index is 1.75. The van der Waals surface area contributed by atoms with Gasteiger partial charge in [0.2, 0.25) is 5.91 Å². The molecule has 25 heavy (non-hydrogen) atoms. The number of halogens is 3. The van der Waals surface area contributed by atoms with Gasteiger partial charge in [-0.1, -0.05) is 5.21 Å². The summed E-state index contributed by atoms with van der Waals surface area (Å²) in [6.45, 7) is -0.362. The normalized spacial score (nSPS) is 11.7. The van der Waals surface area contributed by atoms with Crippen LogP contribution in [0.25, 0.3) is 11.2 Å². The van der Waals surface area contributed by atoms with Crippen LogP contribution < -0.4 is 10.9 Å². The van der Waals surface area contributed by atoms with Crippen LogP contribution in [0, 0.1) is 0 Å². The quantitative estimate of drug-likeness (QED) is 0.764. The Bertz CT molecular complexity index is 990. The molecule has 0 fully saturated rings. The lowest BCUT2D eigenvalue weighted by atomic mass is 10.2. The number of nitrogens with one attached hydrogen (secondary N) is 1. The van der Waals surface area contributed by atoms with Crippen LogP contribution >= 0.6 is 0 Å². The molecule has 0 spiro atoms. The average Bonchev–Trinajstić information content (AvgIpc) is 2.92. The summed E-state index contributed by atoms with van der Waals surface area (Å²) in [6, 6.07) is 3.98. The summed E-state index contributed by atoms with van der Waals surface area (Å²) in [4.78, 5) is 28.2. The van der Waals surface area contributed by atoms with Crippen molar-refractivity contribution in [1.82, 2.24) is 24.5 Å². The zero-order chi connectivity index (χ0) is 18.2. The Labute approximate surface area is 137 Å². The average molecular weight is 352 g/mol. The van der Waals surface area contributed by atoms with Crippen LogP contribution in [0.4, 0.5) is 18.9 Å². The maximum atomic E-state index is 12.5. The number of aromatic nitrogens is 5. The van der Waals surface area contributed by atoms with Gasteiger partial charge < -0.3 is 5.32 Å². The minimum absolute atomic E-state index is 0.0207. The van der Waals surface area contributed by atoms with Gasteiger partial charge in [0.15, 0.2) is 11.2 Å². The number of alkyl halides is 3. The molecule has 2 heterocycles. The summed E-state index contributed by atoms with van der Waals surface area (Å²) < 4.78 is 39.9. The number of carbonyl (C=O) groups is 1. The number of benzene rings is 1. The van der Waals surface area contributed by atoms with Crippen LogP contribution in [-0.2, 0) is 24.6 Å². The SMILES string of the molecule is Cn1nnc2c(=O)n(CC(=O)Nc3ccc(C(F)(F)F)cc3)cnc21. The molecule has 0 saturated carbocycles. The van der Waals surface area contributed by atoms with Gasteiger partial charge in [0.05, 0.1) is 5.56 Å². The van der Waals surface area contributed by atoms with E-state index < -0.39 is 23.2 Å². The largest absolute Gasteiger partial charge is 0.416 e. The molecule has 1 aromatic carbocycles. The highest BCUT2D eigenvalue weighted by atomic mass is 19.4. The van der Waals surface area contributed by atoms with Crippen LogP contribution in [0.3, 0.4) is 0 Å². The van der Waals surface area contributed by atoms with Gasteiger partial charge in [-0.25, -0.2) is 9.67 Å². The second-order valence-electron chi connectivity index (χ2n) is 5.19. The van der Waals surface area contributed by atoms with Crippen molar-refractivity contribution in [2.75, 3.05) is 5.32 Å². The fourth-order valence-electron chi connectivity index (χ4n) is 2.16. The summed E-state index contributed by atoms with van der Waals surface area (Å²) in [7, 11) is 1.57. The van der Waals surface area contributed by atoms with Crippen molar-refractivity contribution in [3.63, 3.8) is 0 Å². The van der Waals surface area contributed by atoms with Crippen molar-refractivity contribution in [2.45, 2.75) is 12.7 Å². The Hall–Kier alpha value is -3.24. The van der Waals surface area contributed by atoms with Crippen molar-refractivity contribution in [3.05, 3.63) is 46.5 Å². The maximum absolute atomic E-state index is 12.5. The molecule has 130 valence electrons. The lowest BCUT2D eigenvalue weighted by Gasteiger charge is -2.09. The second-order valence-corrected chi connectivity index (χ2v) is 5.19. The number of hydrogen-bond donors (Lipinski definition) is 1. The molecule has 0 saturated heterocycles. The number of amides is 1. The summed E-state index contributed by atoms with van der Waals surface area (Å²) >= 11 is 0. The number of rotatable bonds is 3. The third kappa shape index (κ3) is 3.34. The van der Waals surface area contributed by atoms with Crippen molar-refractivity contribution >= 4 is 22.8 Å². The smallest absolute Gasteiger partial charge is 0.325 e. The molecule has 0 atom stereocenters. The molecule has 1 amide bonds. The van der Waals surface area contributed by atoms with E-state index in [0.717, 1.165) is 28.8 Å². The van der Waals surface area contributed by atoms with Gasteiger partial charge in [0, 0.05) is 12.7 Å². The van der Waals surface area contributed by atoms with E-state index in [2.05, 4.69) is 20.6 Å². The highest BCUT2D eigenvalue weighted by Gasteiger charge is 2.30. The van der Waals surface area contributed by atoms with E-state index >= 15 is 0 Å². The monoisotopic (exact) mass is 352 g/mol. The zero-order valence-corrected chi connectivity index (χ0v) is 12.8. The van der Waals surface area contributed by atoms with Crippen molar-refractivity contribution in [3.8, 4) is 0 Å². The summed E-state index contributed by atoms with van der Waals surface area (Å²) in [5, 5.41) is 9.77. The summed E-state index contributed by atoms with van der Waals surface area (Å²) in [6.07, 6.45) is -3.27. The van der Waals surface area contributed by atoms with E-state index in [-0.39, 0.29) is 23.4 Å². The molecule has 0 aliphatic rings. The third-order valence-corrected chi connectivity index (χ3v) is 3.39. The Morgan fingerprint density at radius 1 is 1.24 bits per heavy atom. The molecular formula is C14H11F3N6O2. The Morgan fingerprint density at radius 3 is 2.56 bits per heavy atom. The fourth-order valence-corrected chi connectivity index (χ4v) is 2.16. The third-order valence-electron chi connectivity index (χ3n) is 3.39. The molecule has 3 aromatic rings. The van der Waals surface area contributed by atoms with E-state index in [1.54, 1.807) is 7.05 Å². The maximum Gasteiger partial charge on any atom is 0.416 e. The number of anilines is 1. The van der Waals surface area contributed by atoms with E-state index in [4.69, 9.17) is 0 Å². The van der Waals surface area contributed by atoms with Gasteiger partial charge in [0.1, 0.15) is 12.9 Å². The molecule has 2 aromatic heterocycles. The van der Waals surface area contributed by atoms with Crippen molar-refractivity contribution < 1.29 is 18.0 Å². The van der Waals surface area contributed by atoms with Crippen LogP contribution in [0.15, 0.2) is 35.4 Å².